The molecule has 1 N–H and O–H groups in total. The van der Waals surface area contributed by atoms with Crippen LogP contribution in [-0.4, -0.2) is 60.1 Å². The average molecular weight is 521 g/mol. The Hall–Kier alpha value is -2.49. The van der Waals surface area contributed by atoms with E-state index < -0.39 is 0 Å². The monoisotopic (exact) mass is 520 g/mol. The standard InChI is InChI=1S/C25H27Cl2FN4O3/c26-21-3-1-2-19(24(21)27)15-32(14-18-4-6-20(28)7-5-18)16-23-30-22(17-35-23)25(33)29-8-9-31-10-12-34-13-11-31/h1-7,17H,8-16H2,(H,29,33). The van der Waals surface area contributed by atoms with Crippen molar-refractivity contribution in [2.24, 2.45) is 0 Å². The molecule has 0 bridgehead atoms. The number of carbonyl (C=O) groups is 1. The number of aromatic nitrogens is 1. The van der Waals surface area contributed by atoms with Gasteiger partial charge in [0.2, 0.25) is 5.89 Å². The predicted molar refractivity (Wildman–Crippen MR) is 132 cm³/mol. The SMILES string of the molecule is O=C(NCCN1CCOCC1)c1coc(CN(Cc2ccc(F)cc2)Cc2cccc(Cl)c2Cl)n1. The van der Waals surface area contributed by atoms with Crippen molar-refractivity contribution in [1.29, 1.82) is 0 Å². The molecule has 35 heavy (non-hydrogen) atoms. The smallest absolute Gasteiger partial charge is 0.273 e. The van der Waals surface area contributed by atoms with Gasteiger partial charge in [-0.05, 0) is 29.3 Å². The lowest BCUT2D eigenvalue weighted by Crippen LogP contribution is -2.41. The largest absolute Gasteiger partial charge is 0.447 e. The van der Waals surface area contributed by atoms with Gasteiger partial charge in [0, 0.05) is 39.3 Å². The number of benzene rings is 2. The van der Waals surface area contributed by atoms with Crippen LogP contribution in [0.2, 0.25) is 10.0 Å². The molecule has 1 aromatic heterocycles. The molecule has 7 nitrogen and oxygen atoms in total. The molecule has 1 amide bonds. The van der Waals surface area contributed by atoms with Crippen LogP contribution in [0, 0.1) is 5.82 Å². The topological polar surface area (TPSA) is 70.8 Å². The molecule has 1 fully saturated rings. The maximum absolute atomic E-state index is 13.4. The molecule has 186 valence electrons. The Labute approximate surface area is 213 Å². The third-order valence-electron chi connectivity index (χ3n) is 5.71. The van der Waals surface area contributed by atoms with Gasteiger partial charge in [-0.2, -0.15) is 0 Å². The summed E-state index contributed by atoms with van der Waals surface area (Å²) >= 11 is 12.6. The number of hydrogen-bond acceptors (Lipinski definition) is 6. The van der Waals surface area contributed by atoms with Crippen molar-refractivity contribution in [3.05, 3.63) is 87.3 Å². The molecule has 0 atom stereocenters. The summed E-state index contributed by atoms with van der Waals surface area (Å²) in [7, 11) is 0. The highest BCUT2D eigenvalue weighted by molar-refractivity contribution is 6.42. The molecule has 4 rings (SSSR count). The molecule has 0 unspecified atom stereocenters. The first-order valence-electron chi connectivity index (χ1n) is 11.4. The van der Waals surface area contributed by atoms with Gasteiger partial charge in [0.15, 0.2) is 5.69 Å². The van der Waals surface area contributed by atoms with Crippen molar-refractivity contribution in [3.63, 3.8) is 0 Å². The van der Waals surface area contributed by atoms with Crippen molar-refractivity contribution in [1.82, 2.24) is 20.1 Å². The number of nitrogens with one attached hydrogen (secondary N) is 1. The minimum absolute atomic E-state index is 0.226. The van der Waals surface area contributed by atoms with Gasteiger partial charge in [-0.15, -0.1) is 0 Å². The van der Waals surface area contributed by atoms with E-state index in [1.165, 1.54) is 18.4 Å². The fourth-order valence-corrected chi connectivity index (χ4v) is 4.23. The molecule has 2 heterocycles. The zero-order valence-corrected chi connectivity index (χ0v) is 20.7. The number of halogens is 3. The van der Waals surface area contributed by atoms with Crippen LogP contribution in [0.25, 0.3) is 0 Å². The molecule has 1 saturated heterocycles. The lowest BCUT2D eigenvalue weighted by Gasteiger charge is -2.26. The van der Waals surface area contributed by atoms with E-state index in [0.717, 1.165) is 44.0 Å². The maximum atomic E-state index is 13.4. The van der Waals surface area contributed by atoms with E-state index in [0.29, 0.717) is 42.1 Å². The molecule has 0 radical (unpaired) electrons. The summed E-state index contributed by atoms with van der Waals surface area (Å²) in [4.78, 5) is 21.2. The number of nitrogens with zero attached hydrogens (tertiary/aromatic N) is 3. The third kappa shape index (κ3) is 7.49. The first-order chi connectivity index (χ1) is 17.0. The van der Waals surface area contributed by atoms with E-state index >= 15 is 0 Å². The van der Waals surface area contributed by atoms with Gasteiger partial charge in [-0.3, -0.25) is 14.6 Å². The minimum atomic E-state index is -0.296. The lowest BCUT2D eigenvalue weighted by atomic mass is 10.1. The second kappa shape index (κ2) is 12.5. The Morgan fingerprint density at radius 1 is 1.09 bits per heavy atom. The highest BCUT2D eigenvalue weighted by atomic mass is 35.5. The zero-order valence-electron chi connectivity index (χ0n) is 19.2. The van der Waals surface area contributed by atoms with Gasteiger partial charge in [-0.1, -0.05) is 47.5 Å². The summed E-state index contributed by atoms with van der Waals surface area (Å²) in [5.74, 6) is -0.185. The van der Waals surface area contributed by atoms with Crippen molar-refractivity contribution < 1.29 is 18.3 Å². The van der Waals surface area contributed by atoms with E-state index in [1.807, 2.05) is 17.0 Å². The Balaban J connectivity index is 1.40. The quantitative estimate of drug-likeness (QED) is 0.427. The van der Waals surface area contributed by atoms with Gasteiger partial charge >= 0.3 is 0 Å². The summed E-state index contributed by atoms with van der Waals surface area (Å²) in [6, 6.07) is 11.8. The molecular formula is C25H27Cl2FN4O3. The Bertz CT molecular complexity index is 1120. The van der Waals surface area contributed by atoms with Gasteiger partial charge in [0.05, 0.1) is 29.8 Å². The van der Waals surface area contributed by atoms with Crippen LogP contribution in [0.1, 0.15) is 27.5 Å². The van der Waals surface area contributed by atoms with Crippen LogP contribution in [0.4, 0.5) is 4.39 Å². The predicted octanol–water partition coefficient (Wildman–Crippen LogP) is 4.38. The van der Waals surface area contributed by atoms with Crippen molar-refractivity contribution >= 4 is 29.1 Å². The number of oxazole rings is 1. The highest BCUT2D eigenvalue weighted by Crippen LogP contribution is 2.27. The summed E-state index contributed by atoms with van der Waals surface area (Å²) in [5, 5.41) is 3.83. The average Bonchev–Trinajstić information content (AvgIpc) is 3.33. The summed E-state index contributed by atoms with van der Waals surface area (Å²) in [6.07, 6.45) is 1.36. The molecule has 3 aromatic rings. The van der Waals surface area contributed by atoms with E-state index in [-0.39, 0.29) is 17.4 Å². The lowest BCUT2D eigenvalue weighted by molar-refractivity contribution is 0.0383. The number of ether oxygens (including phenoxy) is 1. The van der Waals surface area contributed by atoms with E-state index in [4.69, 9.17) is 32.4 Å². The van der Waals surface area contributed by atoms with Crippen LogP contribution in [-0.2, 0) is 24.4 Å². The van der Waals surface area contributed by atoms with Crippen molar-refractivity contribution in [3.8, 4) is 0 Å². The van der Waals surface area contributed by atoms with Crippen LogP contribution >= 0.6 is 23.2 Å². The Kier molecular flexibility index (Phi) is 9.12. The van der Waals surface area contributed by atoms with Crippen LogP contribution < -0.4 is 5.32 Å². The molecule has 0 saturated carbocycles. The van der Waals surface area contributed by atoms with Crippen molar-refractivity contribution in [2.75, 3.05) is 39.4 Å². The molecule has 2 aromatic carbocycles. The summed E-state index contributed by atoms with van der Waals surface area (Å²) in [6.45, 7) is 5.71. The molecular weight excluding hydrogens is 494 g/mol. The number of rotatable bonds is 10. The van der Waals surface area contributed by atoms with Gasteiger partial charge in [-0.25, -0.2) is 9.37 Å². The number of carbonyl (C=O) groups excluding carboxylic acids is 1. The highest BCUT2D eigenvalue weighted by Gasteiger charge is 2.18. The first-order valence-corrected chi connectivity index (χ1v) is 12.2. The summed E-state index contributed by atoms with van der Waals surface area (Å²) < 4.78 is 24.3. The minimum Gasteiger partial charge on any atom is -0.447 e. The van der Waals surface area contributed by atoms with Gasteiger partial charge in [0.25, 0.3) is 5.91 Å². The number of morpholine rings is 1. The molecule has 0 spiro atoms. The van der Waals surface area contributed by atoms with Crippen LogP contribution in [0.3, 0.4) is 0 Å². The third-order valence-corrected chi connectivity index (χ3v) is 6.56. The maximum Gasteiger partial charge on any atom is 0.273 e. The number of hydrogen-bond donors (Lipinski definition) is 1. The van der Waals surface area contributed by atoms with Crippen LogP contribution in [0.15, 0.2) is 53.1 Å². The molecule has 1 aliphatic heterocycles. The Morgan fingerprint density at radius 3 is 2.63 bits per heavy atom. The van der Waals surface area contributed by atoms with Crippen molar-refractivity contribution in [2.45, 2.75) is 19.6 Å². The van der Waals surface area contributed by atoms with Gasteiger partial charge in [0.1, 0.15) is 12.1 Å². The van der Waals surface area contributed by atoms with E-state index in [2.05, 4.69) is 15.2 Å². The molecule has 10 heteroatoms. The second-order valence-corrected chi connectivity index (χ2v) is 9.11. The molecule has 0 aliphatic carbocycles. The number of amides is 1. The fraction of sp³-hybridized carbons (Fsp3) is 0.360. The van der Waals surface area contributed by atoms with Crippen LogP contribution in [0.5, 0.6) is 0 Å². The fourth-order valence-electron chi connectivity index (χ4n) is 3.85. The van der Waals surface area contributed by atoms with E-state index in [9.17, 15) is 9.18 Å². The zero-order chi connectivity index (χ0) is 24.6. The first kappa shape index (κ1) is 25.6. The van der Waals surface area contributed by atoms with Gasteiger partial charge < -0.3 is 14.5 Å². The normalized spacial score (nSPS) is 14.4. The second-order valence-electron chi connectivity index (χ2n) is 8.32. The molecule has 1 aliphatic rings. The van der Waals surface area contributed by atoms with E-state index in [1.54, 1.807) is 18.2 Å². The Morgan fingerprint density at radius 2 is 1.86 bits per heavy atom. The summed E-state index contributed by atoms with van der Waals surface area (Å²) in [5.41, 5.74) is 1.98.